The van der Waals surface area contributed by atoms with Crippen molar-refractivity contribution in [2.24, 2.45) is 0 Å². The molecule has 2 aromatic rings. The molecule has 0 bridgehead atoms. The summed E-state index contributed by atoms with van der Waals surface area (Å²) < 4.78 is 1.21. The Hall–Kier alpha value is -2.69. The summed E-state index contributed by atoms with van der Waals surface area (Å²) in [6.45, 7) is 2.59. The second-order valence-electron chi connectivity index (χ2n) is 5.69. The van der Waals surface area contributed by atoms with Crippen molar-refractivity contribution in [1.82, 2.24) is 9.47 Å². The van der Waals surface area contributed by atoms with Gasteiger partial charge in [-0.15, -0.1) is 0 Å². The summed E-state index contributed by atoms with van der Waals surface area (Å²) in [5.41, 5.74) is 0.0412. The highest BCUT2D eigenvalue weighted by Crippen LogP contribution is 2.16. The zero-order valence-corrected chi connectivity index (χ0v) is 14.0. The van der Waals surface area contributed by atoms with Gasteiger partial charge in [0.15, 0.2) is 11.8 Å². The average Bonchev–Trinajstić information content (AvgIpc) is 2.62. The topological polar surface area (TPSA) is 59.4 Å². The Balaban J connectivity index is 2.42. The fourth-order valence-electron chi connectivity index (χ4n) is 2.49. The second-order valence-corrected chi connectivity index (χ2v) is 5.69. The lowest BCUT2D eigenvalue weighted by Crippen LogP contribution is -2.42. The lowest BCUT2D eigenvalue weighted by atomic mass is 10.0. The summed E-state index contributed by atoms with van der Waals surface area (Å²) in [6.07, 6.45) is 3.28. The Morgan fingerprint density at radius 2 is 1.75 bits per heavy atom. The van der Waals surface area contributed by atoms with Gasteiger partial charge in [0.1, 0.15) is 0 Å². The molecule has 1 amide bonds. The molecule has 0 N–H and O–H groups in total. The fraction of sp³-hybridized carbons (Fsp3) is 0.316. The highest BCUT2D eigenvalue weighted by molar-refractivity contribution is 6.11. The van der Waals surface area contributed by atoms with Crippen LogP contribution in [0, 0.1) is 0 Å². The van der Waals surface area contributed by atoms with Crippen LogP contribution >= 0.6 is 0 Å². The zero-order chi connectivity index (χ0) is 17.5. The van der Waals surface area contributed by atoms with Crippen LogP contribution in [0.5, 0.6) is 0 Å². The standard InChI is InChI=1S/C19H22N2O3/c1-3-4-13-20(2)19(24)17(21-14-9-8-12-16(21)22)18(23)15-10-6-5-7-11-15/h5-12,14,17H,3-4,13H2,1-2H3. The maximum absolute atomic E-state index is 12.9. The quantitative estimate of drug-likeness (QED) is 0.580. The summed E-state index contributed by atoms with van der Waals surface area (Å²) >= 11 is 0. The van der Waals surface area contributed by atoms with E-state index in [4.69, 9.17) is 0 Å². The first-order valence-electron chi connectivity index (χ1n) is 8.07. The third-order valence-corrected chi connectivity index (χ3v) is 3.89. The number of Topliss-reactive ketones (excluding diaryl/α,β-unsaturated/α-hetero) is 1. The monoisotopic (exact) mass is 326 g/mol. The fourth-order valence-corrected chi connectivity index (χ4v) is 2.49. The smallest absolute Gasteiger partial charge is 0.253 e. The van der Waals surface area contributed by atoms with Crippen molar-refractivity contribution in [2.45, 2.75) is 25.8 Å². The Kier molecular flexibility index (Phi) is 6.07. The molecule has 1 heterocycles. The molecule has 1 aromatic heterocycles. The summed E-state index contributed by atoms with van der Waals surface area (Å²) in [7, 11) is 1.66. The zero-order valence-electron chi connectivity index (χ0n) is 14.0. The molecule has 0 aliphatic carbocycles. The molecule has 0 radical (unpaired) electrons. The predicted molar refractivity (Wildman–Crippen MR) is 93.1 cm³/mol. The van der Waals surface area contributed by atoms with Crippen molar-refractivity contribution < 1.29 is 9.59 Å². The van der Waals surface area contributed by atoms with Gasteiger partial charge >= 0.3 is 0 Å². The summed E-state index contributed by atoms with van der Waals surface area (Å²) in [4.78, 5) is 39.5. The van der Waals surface area contributed by atoms with Gasteiger partial charge in [-0.3, -0.25) is 19.0 Å². The average molecular weight is 326 g/mol. The number of likely N-dealkylation sites (N-methyl/N-ethyl adjacent to an activating group) is 1. The maximum Gasteiger partial charge on any atom is 0.253 e. The molecule has 24 heavy (non-hydrogen) atoms. The number of ketones is 1. The molecular formula is C19H22N2O3. The highest BCUT2D eigenvalue weighted by Gasteiger charge is 2.32. The van der Waals surface area contributed by atoms with Gasteiger partial charge in [-0.2, -0.15) is 0 Å². The van der Waals surface area contributed by atoms with Crippen LogP contribution in [0.25, 0.3) is 0 Å². The lowest BCUT2D eigenvalue weighted by Gasteiger charge is -2.24. The Morgan fingerprint density at radius 1 is 1.08 bits per heavy atom. The van der Waals surface area contributed by atoms with E-state index in [0.717, 1.165) is 12.8 Å². The minimum atomic E-state index is -1.18. The van der Waals surface area contributed by atoms with Gasteiger partial charge in [-0.05, 0) is 12.5 Å². The molecular weight excluding hydrogens is 304 g/mol. The molecule has 1 aromatic carbocycles. The van der Waals surface area contributed by atoms with E-state index in [1.54, 1.807) is 49.5 Å². The minimum Gasteiger partial charge on any atom is -0.344 e. The van der Waals surface area contributed by atoms with E-state index >= 15 is 0 Å². The van der Waals surface area contributed by atoms with Crippen molar-refractivity contribution in [3.05, 3.63) is 70.6 Å². The number of carbonyl (C=O) groups is 2. The molecule has 1 unspecified atom stereocenters. The number of pyridine rings is 1. The molecule has 0 aliphatic heterocycles. The van der Waals surface area contributed by atoms with E-state index in [2.05, 4.69) is 0 Å². The summed E-state index contributed by atoms with van der Waals surface area (Å²) in [5.74, 6) is -0.747. The number of aromatic nitrogens is 1. The van der Waals surface area contributed by atoms with Crippen LogP contribution in [-0.4, -0.2) is 34.7 Å². The molecule has 0 saturated heterocycles. The first kappa shape index (κ1) is 17.7. The number of amides is 1. The van der Waals surface area contributed by atoms with E-state index in [1.807, 2.05) is 6.92 Å². The third kappa shape index (κ3) is 3.98. The Labute approximate surface area is 141 Å². The van der Waals surface area contributed by atoms with Crippen molar-refractivity contribution in [1.29, 1.82) is 0 Å². The molecule has 5 nitrogen and oxygen atoms in total. The van der Waals surface area contributed by atoms with Crippen LogP contribution in [-0.2, 0) is 4.79 Å². The molecule has 126 valence electrons. The second kappa shape index (κ2) is 8.24. The van der Waals surface area contributed by atoms with Crippen LogP contribution in [0.2, 0.25) is 0 Å². The molecule has 0 aliphatic rings. The van der Waals surface area contributed by atoms with Crippen molar-refractivity contribution in [3.63, 3.8) is 0 Å². The van der Waals surface area contributed by atoms with Gasteiger partial charge in [0.25, 0.3) is 11.5 Å². The number of hydrogen-bond acceptors (Lipinski definition) is 3. The largest absolute Gasteiger partial charge is 0.344 e. The van der Waals surface area contributed by atoms with E-state index < -0.39 is 6.04 Å². The maximum atomic E-state index is 12.9. The van der Waals surface area contributed by atoms with Crippen LogP contribution < -0.4 is 5.56 Å². The summed E-state index contributed by atoms with van der Waals surface area (Å²) in [5, 5.41) is 0. The number of nitrogens with zero attached hydrogens (tertiary/aromatic N) is 2. The first-order valence-corrected chi connectivity index (χ1v) is 8.07. The number of unbranched alkanes of at least 4 members (excludes halogenated alkanes) is 1. The number of rotatable bonds is 7. The predicted octanol–water partition coefficient (Wildman–Crippen LogP) is 2.53. The molecule has 2 rings (SSSR count). The molecule has 0 spiro atoms. The lowest BCUT2D eigenvalue weighted by molar-refractivity contribution is -0.132. The number of benzene rings is 1. The van der Waals surface area contributed by atoms with Gasteiger partial charge in [0.05, 0.1) is 0 Å². The normalized spacial score (nSPS) is 11.8. The van der Waals surface area contributed by atoms with Gasteiger partial charge in [0, 0.05) is 31.4 Å². The highest BCUT2D eigenvalue weighted by atomic mass is 16.2. The first-order chi connectivity index (χ1) is 11.6. The van der Waals surface area contributed by atoms with Crippen molar-refractivity contribution in [2.75, 3.05) is 13.6 Å². The van der Waals surface area contributed by atoms with Crippen molar-refractivity contribution in [3.8, 4) is 0 Å². The molecule has 0 fully saturated rings. The Morgan fingerprint density at radius 3 is 2.38 bits per heavy atom. The van der Waals surface area contributed by atoms with Gasteiger partial charge in [0.2, 0.25) is 0 Å². The van der Waals surface area contributed by atoms with E-state index in [0.29, 0.717) is 12.1 Å². The van der Waals surface area contributed by atoms with Crippen LogP contribution in [0.1, 0.15) is 36.2 Å². The van der Waals surface area contributed by atoms with Gasteiger partial charge in [-0.25, -0.2) is 0 Å². The third-order valence-electron chi connectivity index (χ3n) is 3.89. The van der Waals surface area contributed by atoms with Crippen LogP contribution in [0.4, 0.5) is 0 Å². The van der Waals surface area contributed by atoms with E-state index in [1.165, 1.54) is 21.7 Å². The minimum absolute atomic E-state index is 0.370. The number of carbonyl (C=O) groups excluding carboxylic acids is 2. The van der Waals surface area contributed by atoms with Crippen molar-refractivity contribution >= 4 is 11.7 Å². The van der Waals surface area contributed by atoms with Crippen LogP contribution in [0.3, 0.4) is 0 Å². The molecule has 1 atom stereocenters. The molecule has 5 heteroatoms. The molecule has 0 saturated carbocycles. The van der Waals surface area contributed by atoms with Gasteiger partial charge in [-0.1, -0.05) is 49.7 Å². The van der Waals surface area contributed by atoms with E-state index in [9.17, 15) is 14.4 Å². The summed E-state index contributed by atoms with van der Waals surface area (Å²) in [6, 6.07) is 12.0. The van der Waals surface area contributed by atoms with Crippen LogP contribution in [0.15, 0.2) is 59.5 Å². The number of hydrogen-bond donors (Lipinski definition) is 0. The van der Waals surface area contributed by atoms with E-state index in [-0.39, 0.29) is 17.2 Å². The Bertz CT molecular complexity index is 752. The SMILES string of the molecule is CCCCN(C)C(=O)C(C(=O)c1ccccc1)n1ccccc1=O. The van der Waals surface area contributed by atoms with Gasteiger partial charge < -0.3 is 4.90 Å².